The Labute approximate surface area is 133 Å². The summed E-state index contributed by atoms with van der Waals surface area (Å²) in [5.41, 5.74) is 0.232. The molecule has 0 amide bonds. The van der Waals surface area contributed by atoms with Crippen LogP contribution in [0.2, 0.25) is 0 Å². The van der Waals surface area contributed by atoms with Gasteiger partial charge in [0.15, 0.2) is 0 Å². The minimum absolute atomic E-state index is 0.187. The summed E-state index contributed by atoms with van der Waals surface area (Å²) >= 11 is 3.27. The Kier molecular flexibility index (Phi) is 4.90. The summed E-state index contributed by atoms with van der Waals surface area (Å²) in [5.74, 6) is 0.612. The summed E-state index contributed by atoms with van der Waals surface area (Å²) in [5, 5.41) is 0. The highest BCUT2D eigenvalue weighted by Gasteiger charge is 2.42. The third-order valence-corrected chi connectivity index (χ3v) is 5.26. The molecule has 0 spiro atoms. The predicted molar refractivity (Wildman–Crippen MR) is 84.2 cm³/mol. The fraction of sp³-hybridized carbons (Fsp3) is 0.733. The van der Waals surface area contributed by atoms with E-state index in [2.05, 4.69) is 39.7 Å². The maximum Gasteiger partial charge on any atom is 0.265 e. The molecule has 5 nitrogen and oxygen atoms in total. The molecule has 0 saturated heterocycles. The number of hydrogen-bond donors (Lipinski definition) is 1. The standard InChI is InChI=1S/C15H23BrN2O3/c1-14(2)5-7-15(21-4,8-6-14)13-17-10(9-20-3)11(16)12(19)18-13/h5-9H2,1-4H3,(H,17,18,19). The van der Waals surface area contributed by atoms with E-state index < -0.39 is 5.60 Å². The molecular formula is C15H23BrN2O3. The maximum atomic E-state index is 12.1. The van der Waals surface area contributed by atoms with Crippen molar-refractivity contribution in [3.8, 4) is 0 Å². The second-order valence-electron chi connectivity index (χ2n) is 6.47. The summed E-state index contributed by atoms with van der Waals surface area (Å²) in [6, 6.07) is 0. The summed E-state index contributed by atoms with van der Waals surface area (Å²) in [4.78, 5) is 19.6. The van der Waals surface area contributed by atoms with Gasteiger partial charge in [-0.2, -0.15) is 0 Å². The lowest BCUT2D eigenvalue weighted by atomic mass is 9.70. The third kappa shape index (κ3) is 3.38. The molecule has 2 rings (SSSR count). The highest BCUT2D eigenvalue weighted by atomic mass is 79.9. The summed E-state index contributed by atoms with van der Waals surface area (Å²) in [7, 11) is 3.28. The van der Waals surface area contributed by atoms with E-state index in [1.54, 1.807) is 14.2 Å². The van der Waals surface area contributed by atoms with Crippen LogP contribution in [0.25, 0.3) is 0 Å². The summed E-state index contributed by atoms with van der Waals surface area (Å²) < 4.78 is 11.3. The average Bonchev–Trinajstić information content (AvgIpc) is 2.44. The fourth-order valence-corrected chi connectivity index (χ4v) is 3.12. The Morgan fingerprint density at radius 1 is 1.24 bits per heavy atom. The quantitative estimate of drug-likeness (QED) is 0.897. The van der Waals surface area contributed by atoms with Crippen LogP contribution >= 0.6 is 15.9 Å². The van der Waals surface area contributed by atoms with Crippen molar-refractivity contribution in [3.05, 3.63) is 26.3 Å². The molecule has 0 radical (unpaired) electrons. The first-order valence-corrected chi connectivity index (χ1v) is 7.96. The van der Waals surface area contributed by atoms with Crippen LogP contribution in [0.5, 0.6) is 0 Å². The molecule has 1 aliphatic rings. The van der Waals surface area contributed by atoms with Crippen LogP contribution < -0.4 is 5.56 Å². The zero-order valence-corrected chi connectivity index (χ0v) is 14.7. The number of methoxy groups -OCH3 is 2. The molecule has 6 heteroatoms. The van der Waals surface area contributed by atoms with Crippen LogP contribution in [0.4, 0.5) is 0 Å². The number of hydrogen-bond acceptors (Lipinski definition) is 4. The van der Waals surface area contributed by atoms with E-state index in [9.17, 15) is 4.79 Å². The summed E-state index contributed by atoms with van der Waals surface area (Å²) in [6.45, 7) is 4.82. The Bertz CT molecular complexity index is 559. The summed E-state index contributed by atoms with van der Waals surface area (Å²) in [6.07, 6.45) is 3.79. The second-order valence-corrected chi connectivity index (χ2v) is 7.26. The van der Waals surface area contributed by atoms with Gasteiger partial charge >= 0.3 is 0 Å². The van der Waals surface area contributed by atoms with Gasteiger partial charge in [0.05, 0.1) is 12.3 Å². The van der Waals surface area contributed by atoms with Crippen molar-refractivity contribution in [3.63, 3.8) is 0 Å². The molecule has 1 fully saturated rings. The molecule has 1 aliphatic carbocycles. The van der Waals surface area contributed by atoms with Gasteiger partial charge in [-0.15, -0.1) is 0 Å². The molecule has 0 bridgehead atoms. The van der Waals surface area contributed by atoms with Crippen LogP contribution in [0, 0.1) is 5.41 Å². The predicted octanol–water partition coefficient (Wildman–Crippen LogP) is 3.12. The van der Waals surface area contributed by atoms with E-state index in [-0.39, 0.29) is 5.56 Å². The van der Waals surface area contributed by atoms with Gasteiger partial charge in [0.2, 0.25) is 0 Å². The van der Waals surface area contributed by atoms with E-state index in [1.807, 2.05) is 0 Å². The molecule has 1 saturated carbocycles. The van der Waals surface area contributed by atoms with Crippen molar-refractivity contribution in [2.45, 2.75) is 51.7 Å². The van der Waals surface area contributed by atoms with Crippen LogP contribution in [0.1, 0.15) is 51.0 Å². The average molecular weight is 359 g/mol. The molecule has 0 aromatic carbocycles. The Balaban J connectivity index is 2.41. The van der Waals surface area contributed by atoms with Crippen molar-refractivity contribution in [1.82, 2.24) is 9.97 Å². The zero-order chi connectivity index (χ0) is 15.7. The van der Waals surface area contributed by atoms with E-state index in [1.165, 1.54) is 0 Å². The molecule has 1 aromatic heterocycles. The van der Waals surface area contributed by atoms with Gasteiger partial charge in [0.1, 0.15) is 15.9 Å². The number of aromatic amines is 1. The fourth-order valence-electron chi connectivity index (χ4n) is 2.82. The van der Waals surface area contributed by atoms with Crippen LogP contribution in [0.15, 0.2) is 9.27 Å². The normalized spacial score (nSPS) is 20.4. The van der Waals surface area contributed by atoms with Crippen LogP contribution in [-0.2, 0) is 21.7 Å². The molecule has 1 aromatic rings. The number of rotatable bonds is 4. The van der Waals surface area contributed by atoms with Gasteiger partial charge in [-0.1, -0.05) is 13.8 Å². The van der Waals surface area contributed by atoms with E-state index in [0.29, 0.717) is 28.0 Å². The van der Waals surface area contributed by atoms with Crippen molar-refractivity contribution in [2.75, 3.05) is 14.2 Å². The number of aromatic nitrogens is 2. The second kappa shape index (κ2) is 6.18. The number of ether oxygens (including phenoxy) is 2. The van der Waals surface area contributed by atoms with Gasteiger partial charge < -0.3 is 14.5 Å². The van der Waals surface area contributed by atoms with Crippen molar-refractivity contribution < 1.29 is 9.47 Å². The largest absolute Gasteiger partial charge is 0.378 e. The molecule has 118 valence electrons. The first-order chi connectivity index (χ1) is 9.83. The van der Waals surface area contributed by atoms with Crippen molar-refractivity contribution >= 4 is 15.9 Å². The van der Waals surface area contributed by atoms with Crippen molar-refractivity contribution in [2.24, 2.45) is 5.41 Å². The molecule has 0 unspecified atom stereocenters. The first kappa shape index (κ1) is 16.6. The zero-order valence-electron chi connectivity index (χ0n) is 13.1. The first-order valence-electron chi connectivity index (χ1n) is 7.17. The van der Waals surface area contributed by atoms with Crippen LogP contribution in [-0.4, -0.2) is 24.2 Å². The number of halogens is 1. The Hall–Kier alpha value is -0.720. The lowest BCUT2D eigenvalue weighted by Crippen LogP contribution is -2.39. The van der Waals surface area contributed by atoms with Gasteiger partial charge in [-0.3, -0.25) is 4.79 Å². The maximum absolute atomic E-state index is 12.1. The van der Waals surface area contributed by atoms with E-state index in [4.69, 9.17) is 9.47 Å². The monoisotopic (exact) mass is 358 g/mol. The molecule has 0 aliphatic heterocycles. The molecular weight excluding hydrogens is 336 g/mol. The van der Waals surface area contributed by atoms with E-state index >= 15 is 0 Å². The lowest BCUT2D eigenvalue weighted by molar-refractivity contribution is -0.0733. The third-order valence-electron chi connectivity index (χ3n) is 4.45. The lowest BCUT2D eigenvalue weighted by Gasteiger charge is -2.41. The molecule has 1 heterocycles. The highest BCUT2D eigenvalue weighted by molar-refractivity contribution is 9.10. The molecule has 1 N–H and O–H groups in total. The molecule has 21 heavy (non-hydrogen) atoms. The van der Waals surface area contributed by atoms with Gasteiger partial charge in [-0.25, -0.2) is 4.98 Å². The van der Waals surface area contributed by atoms with Crippen molar-refractivity contribution in [1.29, 1.82) is 0 Å². The number of nitrogens with zero attached hydrogens (tertiary/aromatic N) is 1. The van der Waals surface area contributed by atoms with Gasteiger partial charge in [0, 0.05) is 14.2 Å². The SMILES string of the molecule is COCc1nc(C2(OC)CCC(C)(C)CC2)[nH]c(=O)c1Br. The number of nitrogens with one attached hydrogen (secondary N) is 1. The Morgan fingerprint density at radius 3 is 2.38 bits per heavy atom. The smallest absolute Gasteiger partial charge is 0.265 e. The minimum atomic E-state index is -0.502. The van der Waals surface area contributed by atoms with Gasteiger partial charge in [0.25, 0.3) is 5.56 Å². The van der Waals surface area contributed by atoms with Gasteiger partial charge in [-0.05, 0) is 47.0 Å². The highest BCUT2D eigenvalue weighted by Crippen LogP contribution is 2.46. The Morgan fingerprint density at radius 2 is 1.86 bits per heavy atom. The number of H-pyrrole nitrogens is 1. The van der Waals surface area contributed by atoms with E-state index in [0.717, 1.165) is 25.7 Å². The minimum Gasteiger partial charge on any atom is -0.378 e. The van der Waals surface area contributed by atoms with Crippen LogP contribution in [0.3, 0.4) is 0 Å². The molecule has 0 atom stereocenters. The topological polar surface area (TPSA) is 64.2 Å².